The maximum absolute atomic E-state index is 5.49. The lowest BCUT2D eigenvalue weighted by Crippen LogP contribution is -2.31. The highest BCUT2D eigenvalue weighted by Gasteiger charge is 2.25. The van der Waals surface area contributed by atoms with Crippen LogP contribution in [0.4, 0.5) is 5.82 Å². The van der Waals surface area contributed by atoms with Crippen LogP contribution in [0.15, 0.2) is 24.4 Å². The van der Waals surface area contributed by atoms with E-state index >= 15 is 0 Å². The van der Waals surface area contributed by atoms with E-state index in [0.29, 0.717) is 12.0 Å². The van der Waals surface area contributed by atoms with Gasteiger partial charge in [-0.2, -0.15) is 0 Å². The number of ether oxygens (including phenoxy) is 1. The Balaban J connectivity index is 1.63. The summed E-state index contributed by atoms with van der Waals surface area (Å²) in [6, 6.07) is 6.27. The Hall–Kier alpha value is -2.01. The number of pyridine rings is 1. The normalized spacial score (nSPS) is 19.0. The first kappa shape index (κ1) is 15.5. The molecular weight excluding hydrogens is 300 g/mol. The van der Waals surface area contributed by atoms with Gasteiger partial charge in [-0.05, 0) is 57.1 Å². The number of nitrogens with zero attached hydrogens (tertiary/aromatic N) is 3. The summed E-state index contributed by atoms with van der Waals surface area (Å²) in [5, 5.41) is 3.69. The van der Waals surface area contributed by atoms with Crippen LogP contribution in [0.3, 0.4) is 0 Å². The van der Waals surface area contributed by atoms with Gasteiger partial charge in [0, 0.05) is 36.7 Å². The van der Waals surface area contributed by atoms with Crippen molar-refractivity contribution >= 4 is 5.82 Å². The minimum absolute atomic E-state index is 0.394. The number of rotatable bonds is 4. The van der Waals surface area contributed by atoms with Crippen LogP contribution >= 0.6 is 0 Å². The van der Waals surface area contributed by atoms with Crippen LogP contribution in [-0.2, 0) is 17.6 Å². The van der Waals surface area contributed by atoms with E-state index in [4.69, 9.17) is 14.7 Å². The fraction of sp³-hybridized carbons (Fsp3) is 0.526. The van der Waals surface area contributed by atoms with E-state index in [9.17, 15) is 0 Å². The third-order valence-electron chi connectivity index (χ3n) is 5.16. The zero-order chi connectivity index (χ0) is 16.4. The lowest BCUT2D eigenvalue weighted by molar-refractivity contribution is 0.0622. The number of aromatic nitrogens is 3. The fourth-order valence-corrected chi connectivity index (χ4v) is 3.71. The van der Waals surface area contributed by atoms with Crippen LogP contribution in [0, 0.1) is 5.92 Å². The first-order valence-electron chi connectivity index (χ1n) is 8.97. The van der Waals surface area contributed by atoms with Gasteiger partial charge in [-0.25, -0.2) is 9.97 Å². The molecule has 1 N–H and O–H groups in total. The van der Waals surface area contributed by atoms with Gasteiger partial charge in [-0.15, -0.1) is 0 Å². The van der Waals surface area contributed by atoms with E-state index in [0.717, 1.165) is 62.7 Å². The number of aryl methyl sites for hydroxylation is 1. The average molecular weight is 324 g/mol. The van der Waals surface area contributed by atoms with E-state index in [-0.39, 0.29) is 0 Å². The van der Waals surface area contributed by atoms with Gasteiger partial charge in [-0.1, -0.05) is 6.07 Å². The van der Waals surface area contributed by atoms with Gasteiger partial charge in [0.1, 0.15) is 11.5 Å². The second-order valence-corrected chi connectivity index (χ2v) is 6.77. The van der Waals surface area contributed by atoms with E-state index in [1.165, 1.54) is 11.3 Å². The molecule has 126 valence electrons. The smallest absolute Gasteiger partial charge is 0.180 e. The van der Waals surface area contributed by atoms with Gasteiger partial charge in [0.15, 0.2) is 5.82 Å². The molecule has 1 aliphatic heterocycles. The third-order valence-corrected chi connectivity index (χ3v) is 5.16. The van der Waals surface area contributed by atoms with Gasteiger partial charge in [0.25, 0.3) is 0 Å². The largest absolute Gasteiger partial charge is 0.381 e. The fourth-order valence-electron chi connectivity index (χ4n) is 3.71. The Morgan fingerprint density at radius 3 is 2.83 bits per heavy atom. The lowest BCUT2D eigenvalue weighted by atomic mass is 9.93. The predicted molar refractivity (Wildman–Crippen MR) is 93.9 cm³/mol. The van der Waals surface area contributed by atoms with Crippen molar-refractivity contribution in [3.63, 3.8) is 0 Å². The molecule has 3 heterocycles. The topological polar surface area (TPSA) is 59.9 Å². The Labute approximate surface area is 142 Å². The molecular formula is C19H24N4O. The maximum Gasteiger partial charge on any atom is 0.180 e. The van der Waals surface area contributed by atoms with Crippen LogP contribution in [0.25, 0.3) is 11.5 Å². The highest BCUT2D eigenvalue weighted by Crippen LogP contribution is 2.30. The van der Waals surface area contributed by atoms with Gasteiger partial charge in [0.2, 0.25) is 0 Å². The summed E-state index contributed by atoms with van der Waals surface area (Å²) in [5.74, 6) is 2.39. The minimum Gasteiger partial charge on any atom is -0.381 e. The van der Waals surface area contributed by atoms with Gasteiger partial charge in [-0.3, -0.25) is 4.98 Å². The van der Waals surface area contributed by atoms with Crippen molar-refractivity contribution in [2.24, 2.45) is 5.92 Å². The quantitative estimate of drug-likeness (QED) is 0.935. The summed E-state index contributed by atoms with van der Waals surface area (Å²) in [4.78, 5) is 14.0. The zero-order valence-corrected chi connectivity index (χ0v) is 14.2. The van der Waals surface area contributed by atoms with Crippen molar-refractivity contribution in [3.8, 4) is 11.5 Å². The van der Waals surface area contributed by atoms with Crippen molar-refractivity contribution in [1.29, 1.82) is 0 Å². The van der Waals surface area contributed by atoms with Gasteiger partial charge in [0.05, 0.1) is 0 Å². The van der Waals surface area contributed by atoms with E-state index in [1.54, 1.807) is 6.20 Å². The highest BCUT2D eigenvalue weighted by atomic mass is 16.5. The first-order valence-corrected chi connectivity index (χ1v) is 8.97. The Bertz CT molecular complexity index is 698. The third kappa shape index (κ3) is 3.13. The van der Waals surface area contributed by atoms with Crippen molar-refractivity contribution in [2.45, 2.75) is 45.1 Å². The van der Waals surface area contributed by atoms with Crippen LogP contribution in [-0.4, -0.2) is 34.2 Å². The molecule has 0 amide bonds. The van der Waals surface area contributed by atoms with E-state index in [2.05, 4.69) is 17.2 Å². The van der Waals surface area contributed by atoms with Crippen molar-refractivity contribution < 1.29 is 4.74 Å². The van der Waals surface area contributed by atoms with Gasteiger partial charge >= 0.3 is 0 Å². The Morgan fingerprint density at radius 1 is 1.17 bits per heavy atom. The molecule has 24 heavy (non-hydrogen) atoms. The van der Waals surface area contributed by atoms with Crippen molar-refractivity contribution in [1.82, 2.24) is 15.0 Å². The second kappa shape index (κ2) is 6.85. The van der Waals surface area contributed by atoms with Crippen molar-refractivity contribution in [2.75, 3.05) is 18.5 Å². The molecule has 4 rings (SSSR count). The molecule has 1 saturated heterocycles. The highest BCUT2D eigenvalue weighted by molar-refractivity contribution is 5.58. The molecule has 2 aromatic heterocycles. The molecule has 1 aliphatic carbocycles. The summed E-state index contributed by atoms with van der Waals surface area (Å²) in [7, 11) is 0. The molecule has 1 atom stereocenters. The number of fused-ring (bicyclic) bond motifs is 1. The molecule has 2 aliphatic rings. The minimum atomic E-state index is 0.394. The number of anilines is 1. The second-order valence-electron chi connectivity index (χ2n) is 6.77. The SMILES string of the molecule is CC(Nc1nc(-c2ccccn2)nc2c1CCC2)C1CCOCC1. The molecule has 0 aromatic carbocycles. The molecule has 0 radical (unpaired) electrons. The van der Waals surface area contributed by atoms with Crippen LogP contribution in [0.2, 0.25) is 0 Å². The molecule has 0 bridgehead atoms. The first-order chi connectivity index (χ1) is 11.8. The van der Waals surface area contributed by atoms with Crippen LogP contribution < -0.4 is 5.32 Å². The number of hydrogen-bond donors (Lipinski definition) is 1. The molecule has 5 nitrogen and oxygen atoms in total. The zero-order valence-electron chi connectivity index (χ0n) is 14.2. The maximum atomic E-state index is 5.49. The van der Waals surface area contributed by atoms with Crippen molar-refractivity contribution in [3.05, 3.63) is 35.7 Å². The summed E-state index contributed by atoms with van der Waals surface area (Å²) in [6.07, 6.45) is 7.31. The lowest BCUT2D eigenvalue weighted by Gasteiger charge is -2.29. The molecule has 0 spiro atoms. The van der Waals surface area contributed by atoms with E-state index < -0.39 is 0 Å². The summed E-state index contributed by atoms with van der Waals surface area (Å²) in [6.45, 7) is 4.01. The Morgan fingerprint density at radius 2 is 2.04 bits per heavy atom. The van der Waals surface area contributed by atoms with Gasteiger partial charge < -0.3 is 10.1 Å². The van der Waals surface area contributed by atoms with E-state index in [1.807, 2.05) is 18.2 Å². The summed E-state index contributed by atoms with van der Waals surface area (Å²) < 4.78 is 5.49. The molecule has 1 fully saturated rings. The van der Waals surface area contributed by atoms with Crippen LogP contribution in [0.1, 0.15) is 37.4 Å². The summed E-state index contributed by atoms with van der Waals surface area (Å²) >= 11 is 0. The Kier molecular flexibility index (Phi) is 4.43. The summed E-state index contributed by atoms with van der Waals surface area (Å²) in [5.41, 5.74) is 3.33. The monoisotopic (exact) mass is 324 g/mol. The van der Waals surface area contributed by atoms with Crippen LogP contribution in [0.5, 0.6) is 0 Å². The molecule has 2 aromatic rings. The average Bonchev–Trinajstić information content (AvgIpc) is 3.12. The molecule has 1 unspecified atom stereocenters. The molecule has 0 saturated carbocycles. The standard InChI is InChI=1S/C19H24N4O/c1-13(14-8-11-24-12-9-14)21-18-15-5-4-7-16(15)22-19(23-18)17-6-2-3-10-20-17/h2-3,6,10,13-14H,4-5,7-9,11-12H2,1H3,(H,21,22,23). The number of nitrogens with one attached hydrogen (secondary N) is 1. The molecule has 5 heteroatoms. The predicted octanol–water partition coefficient (Wildman–Crippen LogP) is 3.25. The number of hydrogen-bond acceptors (Lipinski definition) is 5.